The first-order valence-corrected chi connectivity index (χ1v) is 10.5. The summed E-state index contributed by atoms with van der Waals surface area (Å²) in [6.07, 6.45) is 0.832. The van der Waals surface area contributed by atoms with Crippen molar-refractivity contribution < 1.29 is 14.3 Å². The van der Waals surface area contributed by atoms with E-state index in [2.05, 4.69) is 10.3 Å². The van der Waals surface area contributed by atoms with E-state index in [1.807, 2.05) is 57.2 Å². The average molecular weight is 421 g/mol. The van der Waals surface area contributed by atoms with E-state index in [-0.39, 0.29) is 24.9 Å². The Morgan fingerprint density at radius 1 is 1.10 bits per heavy atom. The van der Waals surface area contributed by atoms with Gasteiger partial charge < -0.3 is 24.7 Å². The fraction of sp³-hybridized carbons (Fsp3) is 0.333. The number of H-pyrrole nitrogens is 1. The molecule has 0 saturated heterocycles. The SMILES string of the molecule is CCCNC(=O)N(Cc1ccc2c(c1)OCO2)Cc1cc2cc(C)cc(C)c2[nH]c1=O. The van der Waals surface area contributed by atoms with Gasteiger partial charge in [0.15, 0.2) is 11.5 Å². The van der Waals surface area contributed by atoms with Crippen LogP contribution in [-0.2, 0) is 13.1 Å². The van der Waals surface area contributed by atoms with Crippen molar-refractivity contribution in [3.63, 3.8) is 0 Å². The van der Waals surface area contributed by atoms with Gasteiger partial charge in [-0.05, 0) is 61.0 Å². The highest BCUT2D eigenvalue weighted by Gasteiger charge is 2.19. The Morgan fingerprint density at radius 2 is 1.90 bits per heavy atom. The largest absolute Gasteiger partial charge is 0.454 e. The summed E-state index contributed by atoms with van der Waals surface area (Å²) in [4.78, 5) is 30.3. The molecule has 0 fully saturated rings. The lowest BCUT2D eigenvalue weighted by molar-refractivity contribution is 0.173. The zero-order valence-corrected chi connectivity index (χ0v) is 18.1. The monoisotopic (exact) mass is 421 g/mol. The van der Waals surface area contributed by atoms with Crippen LogP contribution in [0.25, 0.3) is 10.9 Å². The van der Waals surface area contributed by atoms with Crippen molar-refractivity contribution in [1.29, 1.82) is 0 Å². The van der Waals surface area contributed by atoms with Crippen molar-refractivity contribution in [3.8, 4) is 11.5 Å². The number of aromatic amines is 1. The summed E-state index contributed by atoms with van der Waals surface area (Å²) in [5, 5.41) is 3.88. The molecule has 2 amide bonds. The number of ether oxygens (including phenoxy) is 2. The molecule has 7 nitrogen and oxygen atoms in total. The van der Waals surface area contributed by atoms with Gasteiger partial charge >= 0.3 is 6.03 Å². The maximum absolute atomic E-state index is 12.9. The maximum Gasteiger partial charge on any atom is 0.318 e. The first-order chi connectivity index (χ1) is 14.9. The average Bonchev–Trinajstić information content (AvgIpc) is 3.20. The summed E-state index contributed by atoms with van der Waals surface area (Å²) >= 11 is 0. The van der Waals surface area contributed by atoms with Crippen molar-refractivity contribution in [2.24, 2.45) is 0 Å². The first-order valence-electron chi connectivity index (χ1n) is 10.5. The van der Waals surface area contributed by atoms with Crippen molar-refractivity contribution in [2.45, 2.75) is 40.3 Å². The van der Waals surface area contributed by atoms with Crippen LogP contribution in [0, 0.1) is 13.8 Å². The number of carbonyl (C=O) groups is 1. The fourth-order valence-electron chi connectivity index (χ4n) is 3.86. The quantitative estimate of drug-likeness (QED) is 0.630. The second-order valence-corrected chi connectivity index (χ2v) is 7.95. The molecular formula is C24H27N3O4. The van der Waals surface area contributed by atoms with Gasteiger partial charge in [-0.1, -0.05) is 24.6 Å². The Kier molecular flexibility index (Phi) is 5.84. The summed E-state index contributed by atoms with van der Waals surface area (Å²) in [6, 6.07) is 11.4. The Balaban J connectivity index is 1.65. The van der Waals surface area contributed by atoms with Crippen LogP contribution < -0.4 is 20.3 Å². The van der Waals surface area contributed by atoms with Gasteiger partial charge in [0, 0.05) is 18.7 Å². The normalized spacial score (nSPS) is 12.2. The van der Waals surface area contributed by atoms with E-state index in [9.17, 15) is 9.59 Å². The molecule has 4 rings (SSSR count). The van der Waals surface area contributed by atoms with Crippen LogP contribution in [0.3, 0.4) is 0 Å². The van der Waals surface area contributed by atoms with Crippen LogP contribution in [0.15, 0.2) is 41.2 Å². The van der Waals surface area contributed by atoms with Crippen LogP contribution in [0.5, 0.6) is 11.5 Å². The minimum absolute atomic E-state index is 0.182. The number of aryl methyl sites for hydroxylation is 2. The molecule has 3 aromatic rings. The molecule has 1 aromatic heterocycles. The number of hydrogen-bond acceptors (Lipinski definition) is 4. The highest BCUT2D eigenvalue weighted by atomic mass is 16.7. The Morgan fingerprint density at radius 3 is 2.71 bits per heavy atom. The number of pyridine rings is 1. The number of nitrogens with one attached hydrogen (secondary N) is 2. The third kappa shape index (κ3) is 4.50. The van der Waals surface area contributed by atoms with Crippen molar-refractivity contribution in [3.05, 3.63) is 69.0 Å². The van der Waals surface area contributed by atoms with E-state index in [1.165, 1.54) is 0 Å². The van der Waals surface area contributed by atoms with E-state index < -0.39 is 0 Å². The molecule has 2 heterocycles. The zero-order chi connectivity index (χ0) is 22.0. The molecule has 0 atom stereocenters. The van der Waals surface area contributed by atoms with Crippen LogP contribution in [0.4, 0.5) is 4.79 Å². The summed E-state index contributed by atoms with van der Waals surface area (Å²) in [6.45, 7) is 7.32. The third-order valence-electron chi connectivity index (χ3n) is 5.36. The first kappa shape index (κ1) is 20.8. The molecule has 0 bridgehead atoms. The summed E-state index contributed by atoms with van der Waals surface area (Å²) in [5.41, 5.74) is 4.25. The number of aromatic nitrogens is 1. The van der Waals surface area contributed by atoms with E-state index in [0.717, 1.165) is 34.0 Å². The van der Waals surface area contributed by atoms with Gasteiger partial charge in [-0.15, -0.1) is 0 Å². The number of rotatable bonds is 6. The number of fused-ring (bicyclic) bond motifs is 2. The minimum atomic E-state index is -0.209. The number of carbonyl (C=O) groups excluding carboxylic acids is 1. The predicted octanol–water partition coefficient (Wildman–Crippen LogP) is 4.00. The van der Waals surface area contributed by atoms with Crippen molar-refractivity contribution in [1.82, 2.24) is 15.2 Å². The lowest BCUT2D eigenvalue weighted by Crippen LogP contribution is -2.40. The predicted molar refractivity (Wildman–Crippen MR) is 120 cm³/mol. The molecule has 0 saturated carbocycles. The lowest BCUT2D eigenvalue weighted by Gasteiger charge is -2.23. The van der Waals surface area contributed by atoms with Gasteiger partial charge in [-0.25, -0.2) is 4.79 Å². The van der Waals surface area contributed by atoms with Crippen molar-refractivity contribution >= 4 is 16.9 Å². The molecule has 7 heteroatoms. The van der Waals surface area contributed by atoms with Gasteiger partial charge in [-0.3, -0.25) is 4.79 Å². The summed E-state index contributed by atoms with van der Waals surface area (Å²) in [7, 11) is 0. The molecular weight excluding hydrogens is 394 g/mol. The number of nitrogens with zero attached hydrogens (tertiary/aromatic N) is 1. The second-order valence-electron chi connectivity index (χ2n) is 7.95. The molecule has 1 aliphatic rings. The molecule has 2 aromatic carbocycles. The summed E-state index contributed by atoms with van der Waals surface area (Å²) < 4.78 is 10.8. The van der Waals surface area contributed by atoms with E-state index in [4.69, 9.17) is 9.47 Å². The van der Waals surface area contributed by atoms with E-state index in [0.29, 0.717) is 30.2 Å². The number of hydrogen-bond donors (Lipinski definition) is 2. The third-order valence-corrected chi connectivity index (χ3v) is 5.36. The molecule has 0 radical (unpaired) electrons. The fourth-order valence-corrected chi connectivity index (χ4v) is 3.86. The van der Waals surface area contributed by atoms with Gasteiger partial charge in [0.25, 0.3) is 5.56 Å². The minimum Gasteiger partial charge on any atom is -0.454 e. The van der Waals surface area contributed by atoms with Crippen molar-refractivity contribution in [2.75, 3.05) is 13.3 Å². The molecule has 0 unspecified atom stereocenters. The highest BCUT2D eigenvalue weighted by molar-refractivity contribution is 5.83. The van der Waals surface area contributed by atoms with Crippen LogP contribution in [0.1, 0.15) is 35.6 Å². The molecule has 2 N–H and O–H groups in total. The maximum atomic E-state index is 12.9. The molecule has 0 spiro atoms. The van der Waals surface area contributed by atoms with Crippen LogP contribution >= 0.6 is 0 Å². The Hall–Kier alpha value is -3.48. The molecule has 31 heavy (non-hydrogen) atoms. The smallest absolute Gasteiger partial charge is 0.318 e. The standard InChI is InChI=1S/C24H27N3O4/c1-4-7-25-24(29)27(12-17-5-6-20-21(10-17)31-14-30-20)13-19-11-18-9-15(2)8-16(3)22(18)26-23(19)28/h5-6,8-11H,4,7,12-14H2,1-3H3,(H,25,29)(H,26,28). The van der Waals surface area contributed by atoms with Gasteiger partial charge in [-0.2, -0.15) is 0 Å². The Labute approximate surface area is 181 Å². The summed E-state index contributed by atoms with van der Waals surface area (Å²) in [5.74, 6) is 1.36. The highest BCUT2D eigenvalue weighted by Crippen LogP contribution is 2.33. The van der Waals surface area contributed by atoms with Crippen LogP contribution in [0.2, 0.25) is 0 Å². The lowest BCUT2D eigenvalue weighted by atomic mass is 10.0. The van der Waals surface area contributed by atoms with Crippen LogP contribution in [-0.4, -0.2) is 29.3 Å². The van der Waals surface area contributed by atoms with E-state index in [1.54, 1.807) is 4.90 Å². The molecule has 162 valence electrons. The van der Waals surface area contributed by atoms with Gasteiger partial charge in [0.1, 0.15) is 0 Å². The van der Waals surface area contributed by atoms with Gasteiger partial charge in [0.2, 0.25) is 6.79 Å². The number of benzene rings is 2. The van der Waals surface area contributed by atoms with Gasteiger partial charge in [0.05, 0.1) is 12.1 Å². The topological polar surface area (TPSA) is 83.7 Å². The Bertz CT molecular complexity index is 1190. The molecule has 0 aliphatic carbocycles. The number of urea groups is 1. The number of amides is 2. The molecule has 1 aliphatic heterocycles. The zero-order valence-electron chi connectivity index (χ0n) is 18.1. The van der Waals surface area contributed by atoms with E-state index >= 15 is 0 Å². The second kappa shape index (κ2) is 8.71.